The van der Waals surface area contributed by atoms with E-state index in [9.17, 15) is 13.2 Å². The van der Waals surface area contributed by atoms with E-state index in [1.807, 2.05) is 38.1 Å². The molecule has 1 heterocycles. The molecule has 6 nitrogen and oxygen atoms in total. The van der Waals surface area contributed by atoms with E-state index in [0.29, 0.717) is 17.9 Å². The van der Waals surface area contributed by atoms with E-state index in [4.69, 9.17) is 4.74 Å². The van der Waals surface area contributed by atoms with Crippen LogP contribution in [0.5, 0.6) is 5.75 Å². The maximum atomic E-state index is 12.4. The number of hydrogen-bond acceptors (Lipinski definition) is 5. The second kappa shape index (κ2) is 9.11. The van der Waals surface area contributed by atoms with Crippen LogP contribution in [0.2, 0.25) is 0 Å². The van der Waals surface area contributed by atoms with Gasteiger partial charge < -0.3 is 10.1 Å². The average Bonchev–Trinajstić information content (AvgIpc) is 3.23. The highest BCUT2D eigenvalue weighted by Gasteiger charge is 2.16. The van der Waals surface area contributed by atoms with Crippen molar-refractivity contribution in [3.05, 3.63) is 77.2 Å². The highest BCUT2D eigenvalue weighted by atomic mass is 32.2. The van der Waals surface area contributed by atoms with Gasteiger partial charge in [0.1, 0.15) is 16.6 Å². The molecule has 152 valence electrons. The van der Waals surface area contributed by atoms with Crippen LogP contribution in [0.4, 0.5) is 5.69 Å². The Labute approximate surface area is 174 Å². The molecule has 2 N–H and O–H groups in total. The third-order valence-electron chi connectivity index (χ3n) is 4.12. The van der Waals surface area contributed by atoms with E-state index in [1.165, 1.54) is 6.07 Å². The first-order chi connectivity index (χ1) is 13.8. The number of aryl methyl sites for hydroxylation is 1. The summed E-state index contributed by atoms with van der Waals surface area (Å²) in [7, 11) is -3.61. The standard InChI is InChI=1S/C21H22N2O4S2/c1-15-6-3-4-7-19(15)27-14-16(2)22-21(24)17-9-11-18(12-10-17)23-29(25,26)20-8-5-13-28-20/h3-13,16,23H,14H2,1-2H3,(H,22,24). The van der Waals surface area contributed by atoms with Crippen molar-refractivity contribution >= 4 is 33.0 Å². The van der Waals surface area contributed by atoms with E-state index in [1.54, 1.807) is 35.7 Å². The number of carbonyl (C=O) groups excluding carboxylic acids is 1. The predicted octanol–water partition coefficient (Wildman–Crippen LogP) is 4.05. The summed E-state index contributed by atoms with van der Waals surface area (Å²) in [5, 5.41) is 4.58. The van der Waals surface area contributed by atoms with Gasteiger partial charge in [-0.1, -0.05) is 24.3 Å². The minimum atomic E-state index is -3.61. The summed E-state index contributed by atoms with van der Waals surface area (Å²) in [6, 6.07) is 17.0. The Morgan fingerprint density at radius 3 is 2.45 bits per heavy atom. The number of ether oxygens (including phenoxy) is 1. The molecule has 29 heavy (non-hydrogen) atoms. The molecule has 0 saturated carbocycles. The number of carbonyl (C=O) groups is 1. The smallest absolute Gasteiger partial charge is 0.271 e. The first kappa shape index (κ1) is 20.9. The van der Waals surface area contributed by atoms with E-state index < -0.39 is 10.0 Å². The third-order valence-corrected chi connectivity index (χ3v) is 6.90. The van der Waals surface area contributed by atoms with Gasteiger partial charge >= 0.3 is 0 Å². The molecule has 0 fully saturated rings. The quantitative estimate of drug-likeness (QED) is 0.565. The lowest BCUT2D eigenvalue weighted by Gasteiger charge is -2.16. The molecular formula is C21H22N2O4S2. The largest absolute Gasteiger partial charge is 0.491 e. The van der Waals surface area contributed by atoms with Crippen molar-refractivity contribution in [2.45, 2.75) is 24.1 Å². The van der Waals surface area contributed by atoms with Crippen LogP contribution in [0, 0.1) is 6.92 Å². The Bertz CT molecular complexity index is 1060. The Morgan fingerprint density at radius 1 is 1.07 bits per heavy atom. The number of thiophene rings is 1. The van der Waals surface area contributed by atoms with Crippen LogP contribution >= 0.6 is 11.3 Å². The molecule has 0 saturated heterocycles. The third kappa shape index (κ3) is 5.58. The lowest BCUT2D eigenvalue weighted by atomic mass is 10.2. The van der Waals surface area contributed by atoms with E-state index in [2.05, 4.69) is 10.0 Å². The molecule has 2 aromatic carbocycles. The summed E-state index contributed by atoms with van der Waals surface area (Å²) >= 11 is 1.14. The molecule has 8 heteroatoms. The van der Waals surface area contributed by atoms with Crippen molar-refractivity contribution in [1.29, 1.82) is 0 Å². The zero-order valence-corrected chi connectivity index (χ0v) is 17.7. The zero-order valence-electron chi connectivity index (χ0n) is 16.1. The first-order valence-corrected chi connectivity index (χ1v) is 11.4. The summed E-state index contributed by atoms with van der Waals surface area (Å²) < 4.78 is 33.0. The molecule has 0 aliphatic rings. The van der Waals surface area contributed by atoms with Gasteiger partial charge in [-0.2, -0.15) is 0 Å². The van der Waals surface area contributed by atoms with Crippen LogP contribution in [0.3, 0.4) is 0 Å². The number of rotatable bonds is 8. The van der Waals surface area contributed by atoms with E-state index in [0.717, 1.165) is 22.6 Å². The van der Waals surface area contributed by atoms with Crippen molar-refractivity contribution in [3.8, 4) is 5.75 Å². The Hall–Kier alpha value is -2.84. The van der Waals surface area contributed by atoms with Crippen LogP contribution in [0.15, 0.2) is 70.3 Å². The van der Waals surface area contributed by atoms with Gasteiger partial charge in [0, 0.05) is 11.3 Å². The van der Waals surface area contributed by atoms with Crippen LogP contribution < -0.4 is 14.8 Å². The van der Waals surface area contributed by atoms with Gasteiger partial charge in [-0.15, -0.1) is 11.3 Å². The topological polar surface area (TPSA) is 84.5 Å². The second-order valence-electron chi connectivity index (χ2n) is 6.57. The number of anilines is 1. The molecule has 1 atom stereocenters. The predicted molar refractivity (Wildman–Crippen MR) is 115 cm³/mol. The van der Waals surface area contributed by atoms with Gasteiger partial charge in [0.05, 0.1) is 6.04 Å². The Balaban J connectivity index is 1.55. The van der Waals surface area contributed by atoms with Crippen molar-refractivity contribution in [3.63, 3.8) is 0 Å². The fraction of sp³-hybridized carbons (Fsp3) is 0.190. The lowest BCUT2D eigenvalue weighted by Crippen LogP contribution is -2.36. The fourth-order valence-electron chi connectivity index (χ4n) is 2.59. The molecule has 1 aromatic heterocycles. The summed E-state index contributed by atoms with van der Waals surface area (Å²) in [5.74, 6) is 0.537. The molecule has 1 unspecified atom stereocenters. The van der Waals surface area contributed by atoms with Crippen LogP contribution in [-0.2, 0) is 10.0 Å². The van der Waals surface area contributed by atoms with Crippen molar-refractivity contribution < 1.29 is 17.9 Å². The summed E-state index contributed by atoms with van der Waals surface area (Å²) in [5.41, 5.74) is 1.87. The van der Waals surface area contributed by atoms with Crippen molar-refractivity contribution in [1.82, 2.24) is 5.32 Å². The van der Waals surface area contributed by atoms with Crippen LogP contribution in [0.25, 0.3) is 0 Å². The number of para-hydroxylation sites is 1. The monoisotopic (exact) mass is 430 g/mol. The van der Waals surface area contributed by atoms with Gasteiger partial charge in [0.25, 0.3) is 15.9 Å². The Morgan fingerprint density at radius 2 is 1.79 bits per heavy atom. The zero-order chi connectivity index (χ0) is 20.9. The molecule has 0 bridgehead atoms. The summed E-state index contributed by atoms with van der Waals surface area (Å²) in [4.78, 5) is 12.4. The molecule has 0 aliphatic heterocycles. The molecule has 1 amide bonds. The molecule has 3 rings (SSSR count). The van der Waals surface area contributed by atoms with Gasteiger partial charge in [0.2, 0.25) is 0 Å². The fourth-order valence-corrected chi connectivity index (χ4v) is 4.64. The van der Waals surface area contributed by atoms with Gasteiger partial charge in [0.15, 0.2) is 0 Å². The lowest BCUT2D eigenvalue weighted by molar-refractivity contribution is 0.0926. The van der Waals surface area contributed by atoms with Crippen LogP contribution in [-0.4, -0.2) is 27.0 Å². The highest BCUT2D eigenvalue weighted by Crippen LogP contribution is 2.20. The normalized spacial score (nSPS) is 12.2. The Kier molecular flexibility index (Phi) is 6.56. The second-order valence-corrected chi connectivity index (χ2v) is 9.42. The minimum absolute atomic E-state index is 0.195. The number of amides is 1. The number of benzene rings is 2. The maximum Gasteiger partial charge on any atom is 0.271 e. The van der Waals surface area contributed by atoms with E-state index in [-0.39, 0.29) is 16.2 Å². The number of hydrogen-bond donors (Lipinski definition) is 2. The highest BCUT2D eigenvalue weighted by molar-refractivity contribution is 7.94. The van der Waals surface area contributed by atoms with Gasteiger partial charge in [-0.05, 0) is 61.2 Å². The van der Waals surface area contributed by atoms with Crippen molar-refractivity contribution in [2.75, 3.05) is 11.3 Å². The first-order valence-electron chi connectivity index (χ1n) is 9.01. The molecule has 0 spiro atoms. The minimum Gasteiger partial charge on any atom is -0.491 e. The molecule has 3 aromatic rings. The van der Waals surface area contributed by atoms with Crippen LogP contribution in [0.1, 0.15) is 22.8 Å². The average molecular weight is 431 g/mol. The number of nitrogens with one attached hydrogen (secondary N) is 2. The van der Waals surface area contributed by atoms with Gasteiger partial charge in [-0.25, -0.2) is 8.42 Å². The maximum absolute atomic E-state index is 12.4. The SMILES string of the molecule is Cc1ccccc1OCC(C)NC(=O)c1ccc(NS(=O)(=O)c2cccs2)cc1. The molecule has 0 radical (unpaired) electrons. The molecular weight excluding hydrogens is 408 g/mol. The number of sulfonamides is 1. The summed E-state index contributed by atoms with van der Waals surface area (Å²) in [6.45, 7) is 4.17. The van der Waals surface area contributed by atoms with Crippen molar-refractivity contribution in [2.24, 2.45) is 0 Å². The summed E-state index contributed by atoms with van der Waals surface area (Å²) in [6.07, 6.45) is 0. The van der Waals surface area contributed by atoms with Gasteiger partial charge in [-0.3, -0.25) is 9.52 Å². The molecule has 0 aliphatic carbocycles. The van der Waals surface area contributed by atoms with E-state index >= 15 is 0 Å².